The van der Waals surface area contributed by atoms with E-state index < -0.39 is 29.8 Å². The molecule has 3 aromatic rings. The van der Waals surface area contributed by atoms with E-state index in [1.807, 2.05) is 24.3 Å². The minimum atomic E-state index is -0.955. The number of hydrogen-bond acceptors (Lipinski definition) is 6. The van der Waals surface area contributed by atoms with Crippen LogP contribution in [0, 0.1) is 11.8 Å². The number of ketones is 2. The number of amides is 2. The van der Waals surface area contributed by atoms with E-state index in [4.69, 9.17) is 11.6 Å². The van der Waals surface area contributed by atoms with E-state index in [1.165, 1.54) is 6.92 Å². The predicted molar refractivity (Wildman–Crippen MR) is 134 cm³/mol. The molecule has 3 heterocycles. The quantitative estimate of drug-likeness (QED) is 0.396. The molecule has 0 aromatic heterocycles. The molecule has 0 aliphatic carbocycles. The van der Waals surface area contributed by atoms with Gasteiger partial charge in [0.05, 0.1) is 29.8 Å². The summed E-state index contributed by atoms with van der Waals surface area (Å²) in [7, 11) is 0. The van der Waals surface area contributed by atoms with Crippen molar-refractivity contribution in [2.45, 2.75) is 19.0 Å². The molecule has 0 bridgehead atoms. The van der Waals surface area contributed by atoms with Gasteiger partial charge in [-0.3, -0.25) is 24.2 Å². The molecule has 7 nitrogen and oxygen atoms in total. The van der Waals surface area contributed by atoms with Crippen LogP contribution in [0.3, 0.4) is 0 Å². The van der Waals surface area contributed by atoms with Crippen molar-refractivity contribution in [2.75, 3.05) is 4.90 Å². The van der Waals surface area contributed by atoms with Gasteiger partial charge in [0, 0.05) is 16.1 Å². The number of hydrogen-bond donors (Lipinski definition) is 0. The number of fused-ring (bicyclic) bond motifs is 5. The van der Waals surface area contributed by atoms with Gasteiger partial charge in [-0.05, 0) is 66.6 Å². The van der Waals surface area contributed by atoms with Crippen molar-refractivity contribution in [1.29, 1.82) is 0 Å². The molecule has 2 saturated heterocycles. The summed E-state index contributed by atoms with van der Waals surface area (Å²) < 4.78 is 0. The standard InChI is InChI=1S/C28H20ClN3O4/c1-15(33)16-8-12-20(13-9-16)31-27(35)22-23(28(31)36)25(26(34)17-6-10-19(29)11-7-17)32-24(22)21-5-3-2-4-18(21)14-30-32/h2-14,22-25H,1H3. The molecule has 3 aliphatic heterocycles. The van der Waals surface area contributed by atoms with E-state index in [2.05, 4.69) is 5.10 Å². The molecule has 0 saturated carbocycles. The number of anilines is 1. The molecule has 3 aromatic carbocycles. The van der Waals surface area contributed by atoms with Crippen LogP contribution in [0.4, 0.5) is 5.69 Å². The number of nitrogens with zero attached hydrogens (tertiary/aromatic N) is 3. The molecule has 4 unspecified atom stereocenters. The van der Waals surface area contributed by atoms with Crippen LogP contribution in [0.15, 0.2) is 77.9 Å². The van der Waals surface area contributed by atoms with Gasteiger partial charge in [-0.1, -0.05) is 35.9 Å². The van der Waals surface area contributed by atoms with Crippen LogP contribution in [0.25, 0.3) is 0 Å². The number of carbonyl (C=O) groups excluding carboxylic acids is 4. The van der Waals surface area contributed by atoms with Gasteiger partial charge >= 0.3 is 0 Å². The molecule has 2 fully saturated rings. The highest BCUT2D eigenvalue weighted by molar-refractivity contribution is 6.30. The smallest absolute Gasteiger partial charge is 0.240 e. The fourth-order valence-corrected chi connectivity index (χ4v) is 5.68. The Balaban J connectivity index is 1.47. The lowest BCUT2D eigenvalue weighted by Gasteiger charge is -2.33. The van der Waals surface area contributed by atoms with Crippen molar-refractivity contribution < 1.29 is 19.2 Å². The Morgan fingerprint density at radius 3 is 2.17 bits per heavy atom. The highest BCUT2D eigenvalue weighted by Gasteiger charge is 2.65. The minimum Gasteiger partial charge on any atom is -0.295 e. The number of rotatable bonds is 4. The molecule has 8 heteroatoms. The van der Waals surface area contributed by atoms with Gasteiger partial charge in [0.15, 0.2) is 11.6 Å². The third-order valence-electron chi connectivity index (χ3n) is 7.22. The Kier molecular flexibility index (Phi) is 5.12. The fourth-order valence-electron chi connectivity index (χ4n) is 5.55. The van der Waals surface area contributed by atoms with Crippen LogP contribution in [-0.4, -0.2) is 40.6 Å². The molecule has 0 spiro atoms. The highest BCUT2D eigenvalue weighted by atomic mass is 35.5. The molecular weight excluding hydrogens is 478 g/mol. The van der Waals surface area contributed by atoms with Crippen LogP contribution in [0.1, 0.15) is 44.8 Å². The van der Waals surface area contributed by atoms with Crippen LogP contribution in [0.2, 0.25) is 5.02 Å². The van der Waals surface area contributed by atoms with Crippen molar-refractivity contribution in [3.63, 3.8) is 0 Å². The maximum Gasteiger partial charge on any atom is 0.240 e. The summed E-state index contributed by atoms with van der Waals surface area (Å²) >= 11 is 6.02. The minimum absolute atomic E-state index is 0.113. The molecule has 178 valence electrons. The summed E-state index contributed by atoms with van der Waals surface area (Å²) in [4.78, 5) is 54.4. The summed E-state index contributed by atoms with van der Waals surface area (Å²) in [5.41, 5.74) is 2.95. The predicted octanol–water partition coefficient (Wildman–Crippen LogP) is 4.30. The van der Waals surface area contributed by atoms with Crippen LogP contribution in [0.5, 0.6) is 0 Å². The van der Waals surface area contributed by atoms with E-state index in [-0.39, 0.29) is 17.5 Å². The topological polar surface area (TPSA) is 87.1 Å². The van der Waals surface area contributed by atoms with E-state index in [9.17, 15) is 19.2 Å². The maximum atomic E-state index is 13.9. The van der Waals surface area contributed by atoms with Gasteiger partial charge in [-0.15, -0.1) is 0 Å². The third kappa shape index (κ3) is 3.23. The lowest BCUT2D eigenvalue weighted by atomic mass is 9.83. The summed E-state index contributed by atoms with van der Waals surface area (Å²) in [6.07, 6.45) is 1.67. The lowest BCUT2D eigenvalue weighted by molar-refractivity contribution is -0.124. The summed E-state index contributed by atoms with van der Waals surface area (Å²) in [6.45, 7) is 1.45. The van der Waals surface area contributed by atoms with Gasteiger partial charge in [0.2, 0.25) is 11.8 Å². The summed E-state index contributed by atoms with van der Waals surface area (Å²) in [6, 6.07) is 18.9. The summed E-state index contributed by atoms with van der Waals surface area (Å²) in [5, 5.41) is 6.68. The SMILES string of the molecule is CC(=O)c1ccc(N2C(=O)C3C(C2=O)C2c4ccccc4C=NN2C3C(=O)c2ccc(Cl)cc2)cc1. The zero-order chi connectivity index (χ0) is 25.1. The molecule has 3 aliphatic rings. The molecular formula is C28H20ClN3O4. The lowest BCUT2D eigenvalue weighted by Crippen LogP contribution is -2.44. The van der Waals surface area contributed by atoms with Gasteiger partial charge in [-0.2, -0.15) is 5.10 Å². The van der Waals surface area contributed by atoms with Crippen molar-refractivity contribution in [1.82, 2.24) is 5.01 Å². The van der Waals surface area contributed by atoms with Crippen molar-refractivity contribution in [3.05, 3.63) is 100 Å². The first-order valence-electron chi connectivity index (χ1n) is 11.6. The first-order chi connectivity index (χ1) is 17.4. The molecule has 0 radical (unpaired) electrons. The van der Waals surface area contributed by atoms with Gasteiger partial charge in [0.25, 0.3) is 0 Å². The van der Waals surface area contributed by atoms with Crippen LogP contribution >= 0.6 is 11.6 Å². The number of hydrazone groups is 1. The van der Waals surface area contributed by atoms with Crippen LogP contribution in [-0.2, 0) is 9.59 Å². The van der Waals surface area contributed by atoms with Crippen molar-refractivity contribution in [2.24, 2.45) is 16.9 Å². The first-order valence-corrected chi connectivity index (χ1v) is 11.9. The molecule has 6 rings (SSSR count). The average molecular weight is 498 g/mol. The molecule has 36 heavy (non-hydrogen) atoms. The third-order valence-corrected chi connectivity index (χ3v) is 7.47. The van der Waals surface area contributed by atoms with Crippen molar-refractivity contribution >= 4 is 46.9 Å². The number of halogens is 1. The van der Waals surface area contributed by atoms with Gasteiger partial charge in [0.1, 0.15) is 6.04 Å². The second kappa shape index (κ2) is 8.24. The number of imide groups is 1. The fraction of sp³-hybridized carbons (Fsp3) is 0.179. The van der Waals surface area contributed by atoms with Crippen molar-refractivity contribution in [3.8, 4) is 0 Å². The van der Waals surface area contributed by atoms with Gasteiger partial charge in [-0.25, -0.2) is 4.90 Å². The van der Waals surface area contributed by atoms with Crippen LogP contribution < -0.4 is 4.90 Å². The van der Waals surface area contributed by atoms with E-state index >= 15 is 0 Å². The number of Topliss-reactive ketones (excluding diaryl/α,β-unsaturated/α-hetero) is 2. The second-order valence-corrected chi connectivity index (χ2v) is 9.62. The maximum absolute atomic E-state index is 13.9. The zero-order valence-electron chi connectivity index (χ0n) is 19.2. The number of benzene rings is 3. The highest BCUT2D eigenvalue weighted by Crippen LogP contribution is 2.53. The van der Waals surface area contributed by atoms with E-state index in [0.717, 1.165) is 16.0 Å². The second-order valence-electron chi connectivity index (χ2n) is 9.18. The zero-order valence-corrected chi connectivity index (χ0v) is 19.9. The Morgan fingerprint density at radius 1 is 0.833 bits per heavy atom. The van der Waals surface area contributed by atoms with Gasteiger partial charge < -0.3 is 0 Å². The number of carbonyl (C=O) groups is 4. The Morgan fingerprint density at radius 2 is 1.47 bits per heavy atom. The Hall–Kier alpha value is -4.10. The summed E-state index contributed by atoms with van der Waals surface area (Å²) in [5.74, 6) is -2.94. The average Bonchev–Trinajstić information content (AvgIpc) is 3.36. The van der Waals surface area contributed by atoms with E-state index in [1.54, 1.807) is 59.8 Å². The molecule has 4 atom stereocenters. The monoisotopic (exact) mass is 497 g/mol. The normalized spacial score (nSPS) is 23.9. The Labute approximate surface area is 212 Å². The molecule has 2 amide bonds. The molecule has 0 N–H and O–H groups in total. The largest absolute Gasteiger partial charge is 0.295 e. The van der Waals surface area contributed by atoms with E-state index in [0.29, 0.717) is 21.8 Å². The Bertz CT molecular complexity index is 1460. The first kappa shape index (κ1) is 22.4.